The fourth-order valence-corrected chi connectivity index (χ4v) is 2.71. The molecule has 0 aliphatic heterocycles. The Morgan fingerprint density at radius 2 is 1.40 bits per heavy atom. The van der Waals surface area contributed by atoms with E-state index >= 15 is 0 Å². The predicted molar refractivity (Wildman–Crippen MR) is 113 cm³/mol. The van der Waals surface area contributed by atoms with E-state index < -0.39 is 17.5 Å². The molecule has 8 nitrogen and oxygen atoms in total. The lowest BCUT2D eigenvalue weighted by Crippen LogP contribution is -2.38. The van der Waals surface area contributed by atoms with E-state index in [1.165, 1.54) is 21.0 Å². The Morgan fingerprint density at radius 1 is 0.900 bits per heavy atom. The van der Waals surface area contributed by atoms with Crippen LogP contribution in [0.5, 0.6) is 0 Å². The van der Waals surface area contributed by atoms with Crippen molar-refractivity contribution in [3.05, 3.63) is 59.7 Å². The Hall–Kier alpha value is -3.39. The molecular formula is C22H26N2O6. The van der Waals surface area contributed by atoms with Gasteiger partial charge in [0.15, 0.2) is 0 Å². The lowest BCUT2D eigenvalue weighted by atomic mass is 9.93. The molecule has 160 valence electrons. The summed E-state index contributed by atoms with van der Waals surface area (Å²) in [5.41, 5.74) is 2.09. The minimum atomic E-state index is -1.31. The van der Waals surface area contributed by atoms with E-state index in [0.29, 0.717) is 12.1 Å². The normalized spacial score (nSPS) is 12.5. The van der Waals surface area contributed by atoms with Crippen molar-refractivity contribution in [2.24, 2.45) is 5.41 Å². The number of carbonyl (C=O) groups is 3. The van der Waals surface area contributed by atoms with Gasteiger partial charge in [-0.05, 0) is 48.7 Å². The topological polar surface area (TPSA) is 114 Å². The molecule has 0 saturated heterocycles. The van der Waals surface area contributed by atoms with E-state index in [-0.39, 0.29) is 19.1 Å². The van der Waals surface area contributed by atoms with Crippen LogP contribution in [0, 0.1) is 5.41 Å². The van der Waals surface area contributed by atoms with Crippen LogP contribution in [0.15, 0.2) is 48.5 Å². The van der Waals surface area contributed by atoms with Gasteiger partial charge in [0.1, 0.15) is 12.0 Å². The zero-order chi connectivity index (χ0) is 22.1. The molecule has 0 fully saturated rings. The fraction of sp³-hybridized carbons (Fsp3) is 0.318. The first-order chi connectivity index (χ1) is 14.2. The summed E-state index contributed by atoms with van der Waals surface area (Å²) in [6.07, 6.45) is -0.0427. The van der Waals surface area contributed by atoms with Gasteiger partial charge in [-0.15, -0.1) is 0 Å². The number of nitrogens with one attached hydrogen (secondary N) is 2. The molecule has 3 N–H and O–H groups in total. The summed E-state index contributed by atoms with van der Waals surface area (Å²) < 4.78 is 9.94. The van der Waals surface area contributed by atoms with Crippen molar-refractivity contribution in [1.29, 1.82) is 0 Å². The van der Waals surface area contributed by atoms with Gasteiger partial charge in [0.25, 0.3) is 0 Å². The number of anilines is 2. The van der Waals surface area contributed by atoms with Gasteiger partial charge in [0.2, 0.25) is 5.91 Å². The Kier molecular flexibility index (Phi) is 7.94. The van der Waals surface area contributed by atoms with E-state index in [0.717, 1.165) is 16.8 Å². The summed E-state index contributed by atoms with van der Waals surface area (Å²) in [5.74, 6) is -1.22. The highest BCUT2D eigenvalue weighted by Gasteiger charge is 2.35. The number of carboxylic acids is 1. The van der Waals surface area contributed by atoms with Crippen LogP contribution in [-0.2, 0) is 25.5 Å². The van der Waals surface area contributed by atoms with Crippen molar-refractivity contribution in [3.8, 4) is 0 Å². The third-order valence-electron chi connectivity index (χ3n) is 4.38. The number of benzene rings is 2. The molecule has 1 unspecified atom stereocenters. The molecule has 0 aliphatic carbocycles. The quantitative estimate of drug-likeness (QED) is 0.578. The van der Waals surface area contributed by atoms with Crippen molar-refractivity contribution in [1.82, 2.24) is 0 Å². The third kappa shape index (κ3) is 6.89. The molecule has 0 bridgehead atoms. The highest BCUT2D eigenvalue weighted by molar-refractivity contribution is 5.88. The molecule has 2 rings (SSSR count). The van der Waals surface area contributed by atoms with Crippen LogP contribution in [0.3, 0.4) is 0 Å². The average Bonchev–Trinajstić information content (AvgIpc) is 2.69. The van der Waals surface area contributed by atoms with Crippen LogP contribution in [0.1, 0.15) is 25.0 Å². The maximum absolute atomic E-state index is 12.0. The van der Waals surface area contributed by atoms with Crippen molar-refractivity contribution in [2.75, 3.05) is 31.0 Å². The van der Waals surface area contributed by atoms with Crippen LogP contribution in [0.2, 0.25) is 0 Å². The number of aliphatic carboxylic acids is 1. The van der Waals surface area contributed by atoms with E-state index in [1.54, 1.807) is 12.1 Å². The number of rotatable bonds is 9. The van der Waals surface area contributed by atoms with Crippen molar-refractivity contribution in [3.63, 3.8) is 0 Å². The lowest BCUT2D eigenvalue weighted by molar-refractivity contribution is -0.153. The number of amides is 2. The second-order valence-electron chi connectivity index (χ2n) is 7.25. The lowest BCUT2D eigenvalue weighted by Gasteiger charge is -2.23. The van der Waals surface area contributed by atoms with Gasteiger partial charge in [-0.2, -0.15) is 0 Å². The van der Waals surface area contributed by atoms with Gasteiger partial charge in [-0.25, -0.2) is 4.79 Å². The first-order valence-electron chi connectivity index (χ1n) is 9.33. The molecular weight excluding hydrogens is 388 g/mol. The maximum Gasteiger partial charge on any atom is 0.411 e. The molecule has 0 spiro atoms. The van der Waals surface area contributed by atoms with Crippen molar-refractivity contribution in [2.45, 2.75) is 20.3 Å². The zero-order valence-electron chi connectivity index (χ0n) is 17.2. The van der Waals surface area contributed by atoms with Crippen LogP contribution >= 0.6 is 0 Å². The number of hydrogen-bond donors (Lipinski definition) is 3. The smallest absolute Gasteiger partial charge is 0.411 e. The number of ether oxygens (including phenoxy) is 2. The molecule has 0 radical (unpaired) electrons. The summed E-state index contributed by atoms with van der Waals surface area (Å²) in [7, 11) is 1.39. The maximum atomic E-state index is 12.0. The molecule has 0 saturated carbocycles. The number of methoxy groups -OCH3 is 1. The standard InChI is InChI=1S/C22H26N2O6/c1-15(25)23-18-8-4-16(5-9-18)12-17-6-10-19(11-7-17)24-21(28)30-14-22(2,13-29-3)20(26)27/h4-11H,12-14H2,1-3H3,(H,23,25)(H,24,28)(H,26,27). The van der Waals surface area contributed by atoms with Crippen molar-refractivity contribution >= 4 is 29.3 Å². The average molecular weight is 414 g/mol. The van der Waals surface area contributed by atoms with Crippen LogP contribution < -0.4 is 10.6 Å². The molecule has 2 amide bonds. The molecule has 30 heavy (non-hydrogen) atoms. The molecule has 0 aromatic heterocycles. The second kappa shape index (κ2) is 10.4. The van der Waals surface area contributed by atoms with Gasteiger partial charge < -0.3 is 19.9 Å². The number of carbonyl (C=O) groups excluding carboxylic acids is 2. The first kappa shape index (κ1) is 22.9. The fourth-order valence-electron chi connectivity index (χ4n) is 2.71. The molecule has 2 aromatic carbocycles. The van der Waals surface area contributed by atoms with Crippen LogP contribution in [-0.4, -0.2) is 43.4 Å². The summed E-state index contributed by atoms with van der Waals surface area (Å²) in [4.78, 5) is 34.4. The Balaban J connectivity index is 1.88. The third-order valence-corrected chi connectivity index (χ3v) is 4.38. The molecule has 2 aromatic rings. The zero-order valence-corrected chi connectivity index (χ0v) is 17.2. The number of carboxylic acid groups (broad SMARTS) is 1. The minimum absolute atomic E-state index is 0.0733. The highest BCUT2D eigenvalue weighted by Crippen LogP contribution is 2.19. The number of hydrogen-bond acceptors (Lipinski definition) is 5. The molecule has 8 heteroatoms. The summed E-state index contributed by atoms with van der Waals surface area (Å²) >= 11 is 0. The molecule has 0 aliphatic rings. The van der Waals surface area contributed by atoms with Gasteiger partial charge in [0.05, 0.1) is 6.61 Å². The molecule has 1 atom stereocenters. The SMILES string of the molecule is COCC(C)(COC(=O)Nc1ccc(Cc2ccc(NC(C)=O)cc2)cc1)C(=O)O. The Bertz CT molecular complexity index is 880. The van der Waals surface area contributed by atoms with Crippen LogP contribution in [0.25, 0.3) is 0 Å². The van der Waals surface area contributed by atoms with Crippen LogP contribution in [0.4, 0.5) is 16.2 Å². The van der Waals surface area contributed by atoms with E-state index in [1.807, 2.05) is 36.4 Å². The predicted octanol–water partition coefficient (Wildman–Crippen LogP) is 3.52. The van der Waals surface area contributed by atoms with Gasteiger partial charge >= 0.3 is 12.1 Å². The summed E-state index contributed by atoms with van der Waals surface area (Å²) in [5, 5.41) is 14.6. The molecule has 0 heterocycles. The highest BCUT2D eigenvalue weighted by atomic mass is 16.6. The van der Waals surface area contributed by atoms with Gasteiger partial charge in [-0.1, -0.05) is 24.3 Å². The van der Waals surface area contributed by atoms with E-state index in [9.17, 15) is 19.5 Å². The summed E-state index contributed by atoms with van der Waals surface area (Å²) in [6.45, 7) is 2.53. The van der Waals surface area contributed by atoms with E-state index in [2.05, 4.69) is 10.6 Å². The summed E-state index contributed by atoms with van der Waals surface area (Å²) in [6, 6.07) is 14.8. The Labute approximate surface area is 175 Å². The van der Waals surface area contributed by atoms with Crippen molar-refractivity contribution < 1.29 is 29.0 Å². The van der Waals surface area contributed by atoms with Gasteiger partial charge in [-0.3, -0.25) is 14.9 Å². The second-order valence-corrected chi connectivity index (χ2v) is 7.25. The largest absolute Gasteiger partial charge is 0.481 e. The monoisotopic (exact) mass is 414 g/mol. The Morgan fingerprint density at radius 3 is 1.83 bits per heavy atom. The van der Waals surface area contributed by atoms with Gasteiger partial charge in [0, 0.05) is 25.4 Å². The minimum Gasteiger partial charge on any atom is -0.481 e. The van der Waals surface area contributed by atoms with E-state index in [4.69, 9.17) is 9.47 Å². The first-order valence-corrected chi connectivity index (χ1v) is 9.33.